The Morgan fingerprint density at radius 1 is 1.23 bits per heavy atom. The van der Waals surface area contributed by atoms with Crippen LogP contribution in [0, 0.1) is 6.92 Å². The molecule has 1 aromatic rings. The Kier molecular flexibility index (Phi) is 6.01. The summed E-state index contributed by atoms with van der Waals surface area (Å²) in [5, 5.41) is 0. The van der Waals surface area contributed by atoms with Gasteiger partial charge in [-0.25, -0.2) is 13.1 Å². The van der Waals surface area contributed by atoms with Crippen LogP contribution < -0.4 is 9.46 Å². The van der Waals surface area contributed by atoms with E-state index in [0.717, 1.165) is 11.1 Å². The number of methoxy groups -OCH3 is 1. The number of hydrogen-bond donors (Lipinski definition) is 1. The molecular weight excluding hydrogens is 300 g/mol. The van der Waals surface area contributed by atoms with Gasteiger partial charge in [-0.1, -0.05) is 26.8 Å². The second-order valence-corrected chi connectivity index (χ2v) is 8.53. The molecule has 0 aliphatic heterocycles. The Morgan fingerprint density at radius 2 is 1.82 bits per heavy atom. The molecule has 0 saturated heterocycles. The number of likely N-dealkylation sites (N-methyl/N-ethyl adjacent to an activating group) is 1. The lowest BCUT2D eigenvalue weighted by atomic mass is 9.85. The number of aryl methyl sites for hydroxylation is 1. The highest BCUT2D eigenvalue weighted by Gasteiger charge is 2.27. The van der Waals surface area contributed by atoms with E-state index >= 15 is 0 Å². The molecule has 22 heavy (non-hydrogen) atoms. The minimum atomic E-state index is -3.61. The van der Waals surface area contributed by atoms with Crippen molar-refractivity contribution in [3.8, 4) is 5.75 Å². The van der Waals surface area contributed by atoms with Crippen LogP contribution in [-0.2, 0) is 15.4 Å². The normalized spacial score (nSPS) is 12.7. The molecule has 0 fully saturated rings. The monoisotopic (exact) mass is 328 g/mol. The van der Waals surface area contributed by atoms with Crippen molar-refractivity contribution in [2.24, 2.45) is 0 Å². The molecule has 0 saturated carbocycles. The molecule has 0 spiro atoms. The van der Waals surface area contributed by atoms with Gasteiger partial charge in [0, 0.05) is 18.7 Å². The average Bonchev–Trinajstić information content (AvgIpc) is 2.36. The molecule has 6 heteroatoms. The van der Waals surface area contributed by atoms with Gasteiger partial charge in [0.1, 0.15) is 10.6 Å². The van der Waals surface area contributed by atoms with Gasteiger partial charge in [-0.3, -0.25) is 0 Å². The summed E-state index contributed by atoms with van der Waals surface area (Å²) in [6.07, 6.45) is 0. The molecule has 0 radical (unpaired) electrons. The number of benzene rings is 1. The van der Waals surface area contributed by atoms with E-state index in [1.54, 1.807) is 6.07 Å². The zero-order valence-electron chi connectivity index (χ0n) is 14.6. The Hall–Kier alpha value is -1.11. The number of nitrogens with zero attached hydrogens (tertiary/aromatic N) is 1. The number of hydrogen-bond acceptors (Lipinski definition) is 4. The highest BCUT2D eigenvalue weighted by molar-refractivity contribution is 7.89. The van der Waals surface area contributed by atoms with E-state index < -0.39 is 10.0 Å². The third-order valence-electron chi connectivity index (χ3n) is 3.35. The van der Waals surface area contributed by atoms with Gasteiger partial charge in [-0.2, -0.15) is 0 Å². The fourth-order valence-corrected chi connectivity index (χ4v) is 3.48. The van der Waals surface area contributed by atoms with E-state index in [1.165, 1.54) is 7.11 Å². The van der Waals surface area contributed by atoms with Crippen molar-refractivity contribution in [1.29, 1.82) is 0 Å². The molecule has 0 atom stereocenters. The molecule has 0 aromatic heterocycles. The number of nitrogens with one attached hydrogen (secondary N) is 1. The van der Waals surface area contributed by atoms with Crippen molar-refractivity contribution >= 4 is 10.0 Å². The smallest absolute Gasteiger partial charge is 0.244 e. The molecular formula is C16H28N2O3S. The lowest BCUT2D eigenvalue weighted by Gasteiger charge is -2.24. The van der Waals surface area contributed by atoms with Crippen LogP contribution in [0.25, 0.3) is 0 Å². The first-order valence-corrected chi connectivity index (χ1v) is 8.81. The standard InChI is InChI=1S/C16H28N2O3S/c1-12-10-13(16(2,3)4)15(21-7)14(11-12)22(19,20)17-8-9-18(5)6/h10-11,17H,8-9H2,1-7H3. The van der Waals surface area contributed by atoms with Crippen LogP contribution in [0.5, 0.6) is 5.75 Å². The van der Waals surface area contributed by atoms with Crippen LogP contribution in [0.3, 0.4) is 0 Å². The molecule has 0 amide bonds. The van der Waals surface area contributed by atoms with Crippen molar-refractivity contribution in [1.82, 2.24) is 9.62 Å². The van der Waals surface area contributed by atoms with Gasteiger partial charge in [0.15, 0.2) is 0 Å². The Balaban J connectivity index is 3.31. The van der Waals surface area contributed by atoms with Crippen LogP contribution in [0.4, 0.5) is 0 Å². The Morgan fingerprint density at radius 3 is 2.27 bits per heavy atom. The van der Waals surface area contributed by atoms with Crippen molar-refractivity contribution in [2.75, 3.05) is 34.3 Å². The summed E-state index contributed by atoms with van der Waals surface area (Å²) in [4.78, 5) is 2.13. The fourth-order valence-electron chi connectivity index (χ4n) is 2.19. The molecule has 1 rings (SSSR count). The molecule has 0 heterocycles. The van der Waals surface area contributed by atoms with Gasteiger partial charge in [-0.15, -0.1) is 0 Å². The van der Waals surface area contributed by atoms with Gasteiger partial charge < -0.3 is 9.64 Å². The predicted octanol–water partition coefficient (Wildman–Crippen LogP) is 2.14. The summed E-state index contributed by atoms with van der Waals surface area (Å²) in [6.45, 7) is 9.02. The molecule has 0 aliphatic carbocycles. The zero-order valence-corrected chi connectivity index (χ0v) is 15.5. The van der Waals surface area contributed by atoms with E-state index in [0.29, 0.717) is 18.8 Å². The summed E-state index contributed by atoms with van der Waals surface area (Å²) in [6, 6.07) is 3.64. The van der Waals surface area contributed by atoms with Crippen molar-refractivity contribution in [3.05, 3.63) is 23.3 Å². The van der Waals surface area contributed by atoms with Crippen molar-refractivity contribution in [3.63, 3.8) is 0 Å². The molecule has 0 bridgehead atoms. The highest BCUT2D eigenvalue weighted by atomic mass is 32.2. The van der Waals surface area contributed by atoms with E-state index in [9.17, 15) is 8.42 Å². The van der Waals surface area contributed by atoms with Gasteiger partial charge in [-0.05, 0) is 38.1 Å². The van der Waals surface area contributed by atoms with Crippen LogP contribution in [0.2, 0.25) is 0 Å². The van der Waals surface area contributed by atoms with Gasteiger partial charge >= 0.3 is 0 Å². The topological polar surface area (TPSA) is 58.6 Å². The van der Waals surface area contributed by atoms with E-state index in [-0.39, 0.29) is 10.3 Å². The largest absolute Gasteiger partial charge is 0.495 e. The lowest BCUT2D eigenvalue weighted by molar-refractivity contribution is 0.384. The van der Waals surface area contributed by atoms with Crippen LogP contribution >= 0.6 is 0 Å². The maximum atomic E-state index is 12.6. The molecule has 1 N–H and O–H groups in total. The minimum absolute atomic E-state index is 0.203. The second-order valence-electron chi connectivity index (χ2n) is 6.79. The van der Waals surface area contributed by atoms with Crippen molar-refractivity contribution in [2.45, 2.75) is 38.0 Å². The number of rotatable bonds is 6. The molecule has 126 valence electrons. The van der Waals surface area contributed by atoms with Crippen LogP contribution in [-0.4, -0.2) is 47.6 Å². The first-order chi connectivity index (χ1) is 9.99. The first-order valence-electron chi connectivity index (χ1n) is 7.32. The highest BCUT2D eigenvalue weighted by Crippen LogP contribution is 2.37. The third kappa shape index (κ3) is 4.69. The first kappa shape index (κ1) is 18.9. The van der Waals surface area contributed by atoms with E-state index in [2.05, 4.69) is 4.72 Å². The summed E-state index contributed by atoms with van der Waals surface area (Å²) >= 11 is 0. The summed E-state index contributed by atoms with van der Waals surface area (Å²) in [5.74, 6) is 0.426. The quantitative estimate of drug-likeness (QED) is 0.869. The predicted molar refractivity (Wildman–Crippen MR) is 90.2 cm³/mol. The maximum Gasteiger partial charge on any atom is 0.244 e. The van der Waals surface area contributed by atoms with Crippen molar-refractivity contribution < 1.29 is 13.2 Å². The fraction of sp³-hybridized carbons (Fsp3) is 0.625. The van der Waals surface area contributed by atoms with Gasteiger partial charge in [0.05, 0.1) is 7.11 Å². The third-order valence-corrected chi connectivity index (χ3v) is 4.82. The van der Waals surface area contributed by atoms with Gasteiger partial charge in [0.2, 0.25) is 10.0 Å². The average molecular weight is 328 g/mol. The SMILES string of the molecule is COc1c(C(C)(C)C)cc(C)cc1S(=O)(=O)NCCN(C)C. The summed E-state index contributed by atoms with van der Waals surface area (Å²) in [5.41, 5.74) is 1.59. The molecule has 1 aromatic carbocycles. The Labute approximate surface area is 134 Å². The van der Waals surface area contributed by atoms with Crippen LogP contribution in [0.1, 0.15) is 31.9 Å². The number of sulfonamides is 1. The summed E-state index contributed by atoms with van der Waals surface area (Å²) < 4.78 is 33.3. The molecule has 0 aliphatic rings. The molecule has 5 nitrogen and oxygen atoms in total. The van der Waals surface area contributed by atoms with Crippen LogP contribution in [0.15, 0.2) is 17.0 Å². The Bertz CT molecular complexity index is 617. The number of ether oxygens (including phenoxy) is 1. The maximum absolute atomic E-state index is 12.6. The minimum Gasteiger partial charge on any atom is -0.495 e. The lowest BCUT2D eigenvalue weighted by Crippen LogP contribution is -2.32. The summed E-state index contributed by atoms with van der Waals surface area (Å²) in [7, 11) is 1.71. The zero-order chi connectivity index (χ0) is 17.1. The van der Waals surface area contributed by atoms with E-state index in [1.807, 2.05) is 52.8 Å². The molecule has 0 unspecified atom stereocenters. The van der Waals surface area contributed by atoms with E-state index in [4.69, 9.17) is 4.74 Å². The van der Waals surface area contributed by atoms with Gasteiger partial charge in [0.25, 0.3) is 0 Å². The second kappa shape index (κ2) is 6.98.